The van der Waals surface area contributed by atoms with Crippen LogP contribution < -0.4 is 10.2 Å². The van der Waals surface area contributed by atoms with Crippen LogP contribution in [0.3, 0.4) is 0 Å². The lowest BCUT2D eigenvalue weighted by atomic mass is 10.2. The van der Waals surface area contributed by atoms with Crippen LogP contribution in [-0.2, 0) is 11.3 Å². The molecule has 6 nitrogen and oxygen atoms in total. The summed E-state index contributed by atoms with van der Waals surface area (Å²) in [5.41, 5.74) is 2.53. The summed E-state index contributed by atoms with van der Waals surface area (Å²) in [6.45, 7) is 0.226. The maximum absolute atomic E-state index is 12.2. The predicted molar refractivity (Wildman–Crippen MR) is 90.7 cm³/mol. The SMILES string of the molecule is COC(=N)c1scnc1-c1occc(=O)c1OCc1ccccc1. The van der Waals surface area contributed by atoms with Crippen LogP contribution in [0, 0.1) is 5.41 Å². The largest absolute Gasteiger partial charge is 0.481 e. The number of benzene rings is 1. The quantitative estimate of drug-likeness (QED) is 0.568. The van der Waals surface area contributed by atoms with Crippen LogP contribution in [0.15, 0.2) is 57.4 Å². The molecule has 1 aromatic carbocycles. The van der Waals surface area contributed by atoms with E-state index in [0.29, 0.717) is 10.6 Å². The molecule has 1 N–H and O–H groups in total. The van der Waals surface area contributed by atoms with E-state index in [4.69, 9.17) is 19.3 Å². The highest BCUT2D eigenvalue weighted by Gasteiger charge is 2.22. The van der Waals surface area contributed by atoms with Gasteiger partial charge in [-0.05, 0) is 5.56 Å². The standard InChI is InChI=1S/C17H14N2O4S/c1-21-17(18)16-13(19-10-24-16)15-14(12(20)7-8-22-15)23-9-11-5-3-2-4-6-11/h2-8,10,18H,9H2,1H3. The Hall–Kier alpha value is -2.93. The fourth-order valence-electron chi connectivity index (χ4n) is 2.10. The molecule has 0 unspecified atom stereocenters. The summed E-state index contributed by atoms with van der Waals surface area (Å²) in [6, 6.07) is 10.8. The van der Waals surface area contributed by atoms with Crippen molar-refractivity contribution in [1.82, 2.24) is 4.98 Å². The Labute approximate surface area is 141 Å². The Morgan fingerprint density at radius 1 is 1.29 bits per heavy atom. The number of nitrogens with one attached hydrogen (secondary N) is 1. The highest BCUT2D eigenvalue weighted by molar-refractivity contribution is 7.12. The van der Waals surface area contributed by atoms with Gasteiger partial charge in [-0.2, -0.15) is 0 Å². The van der Waals surface area contributed by atoms with Gasteiger partial charge in [0.25, 0.3) is 0 Å². The summed E-state index contributed by atoms with van der Waals surface area (Å²) in [4.78, 5) is 16.9. The normalized spacial score (nSPS) is 10.4. The molecule has 0 aliphatic rings. The van der Waals surface area contributed by atoms with Gasteiger partial charge in [0.15, 0.2) is 5.76 Å². The third kappa shape index (κ3) is 3.21. The maximum Gasteiger partial charge on any atom is 0.227 e. The lowest BCUT2D eigenvalue weighted by Gasteiger charge is -2.09. The first-order valence-corrected chi connectivity index (χ1v) is 7.94. The van der Waals surface area contributed by atoms with Crippen molar-refractivity contribution in [3.63, 3.8) is 0 Å². The second kappa shape index (κ2) is 7.10. The van der Waals surface area contributed by atoms with Gasteiger partial charge in [0.05, 0.1) is 18.9 Å². The van der Waals surface area contributed by atoms with Gasteiger partial charge in [-0.15, -0.1) is 11.3 Å². The van der Waals surface area contributed by atoms with E-state index in [1.54, 1.807) is 5.51 Å². The average Bonchev–Trinajstić information content (AvgIpc) is 3.10. The Morgan fingerprint density at radius 3 is 2.83 bits per heavy atom. The third-order valence-corrected chi connectivity index (χ3v) is 4.08. The van der Waals surface area contributed by atoms with Crippen LogP contribution in [0.1, 0.15) is 10.4 Å². The molecule has 2 heterocycles. The van der Waals surface area contributed by atoms with Crippen molar-refractivity contribution >= 4 is 17.2 Å². The summed E-state index contributed by atoms with van der Waals surface area (Å²) in [5.74, 6) is 0.210. The molecule has 0 saturated heterocycles. The minimum Gasteiger partial charge on any atom is -0.481 e. The van der Waals surface area contributed by atoms with Crippen molar-refractivity contribution in [2.45, 2.75) is 6.61 Å². The molecule has 0 bridgehead atoms. The maximum atomic E-state index is 12.2. The number of hydrogen-bond acceptors (Lipinski definition) is 7. The lowest BCUT2D eigenvalue weighted by molar-refractivity contribution is 0.295. The van der Waals surface area contributed by atoms with Crippen LogP contribution in [0.4, 0.5) is 0 Å². The van der Waals surface area contributed by atoms with Crippen molar-refractivity contribution in [1.29, 1.82) is 5.41 Å². The van der Waals surface area contributed by atoms with E-state index in [1.807, 2.05) is 30.3 Å². The Morgan fingerprint density at radius 2 is 2.08 bits per heavy atom. The summed E-state index contributed by atoms with van der Waals surface area (Å²) in [5, 5.41) is 7.83. The minimum absolute atomic E-state index is 0.0481. The van der Waals surface area contributed by atoms with E-state index in [9.17, 15) is 4.79 Å². The van der Waals surface area contributed by atoms with Crippen LogP contribution in [0.25, 0.3) is 11.5 Å². The molecule has 7 heteroatoms. The molecule has 0 fully saturated rings. The van der Waals surface area contributed by atoms with Crippen molar-refractivity contribution < 1.29 is 13.9 Å². The van der Waals surface area contributed by atoms with Crippen LogP contribution in [0.5, 0.6) is 5.75 Å². The number of methoxy groups -OCH3 is 1. The first-order valence-electron chi connectivity index (χ1n) is 7.06. The fraction of sp³-hybridized carbons (Fsp3) is 0.118. The lowest BCUT2D eigenvalue weighted by Crippen LogP contribution is -2.09. The van der Waals surface area contributed by atoms with E-state index in [-0.39, 0.29) is 29.4 Å². The molecular weight excluding hydrogens is 328 g/mol. The summed E-state index contributed by atoms with van der Waals surface area (Å²) in [7, 11) is 1.40. The molecule has 2 aromatic heterocycles. The molecule has 3 rings (SSSR count). The Kier molecular flexibility index (Phi) is 4.72. The number of hydrogen-bond donors (Lipinski definition) is 1. The van der Waals surface area contributed by atoms with Crippen LogP contribution in [-0.4, -0.2) is 18.0 Å². The summed E-state index contributed by atoms with van der Waals surface area (Å²) < 4.78 is 16.1. The molecule has 0 saturated carbocycles. The predicted octanol–water partition coefficient (Wildman–Crippen LogP) is 3.31. The Bertz CT molecular complexity index is 902. The number of aromatic nitrogens is 1. The third-order valence-electron chi connectivity index (χ3n) is 3.25. The number of ether oxygens (including phenoxy) is 2. The molecule has 24 heavy (non-hydrogen) atoms. The molecule has 0 aliphatic carbocycles. The number of rotatable bonds is 5. The van der Waals surface area contributed by atoms with Crippen molar-refractivity contribution in [2.75, 3.05) is 7.11 Å². The van der Waals surface area contributed by atoms with Gasteiger partial charge in [-0.1, -0.05) is 30.3 Å². The molecule has 0 aliphatic heterocycles. The molecule has 0 amide bonds. The fourth-order valence-corrected chi connectivity index (χ4v) is 2.81. The van der Waals surface area contributed by atoms with Gasteiger partial charge in [-0.3, -0.25) is 10.2 Å². The number of thiazole rings is 1. The van der Waals surface area contributed by atoms with Gasteiger partial charge in [0.1, 0.15) is 17.2 Å². The molecule has 0 radical (unpaired) electrons. The van der Waals surface area contributed by atoms with E-state index in [0.717, 1.165) is 5.56 Å². The summed E-state index contributed by atoms with van der Waals surface area (Å²) in [6.07, 6.45) is 1.28. The molecule has 0 spiro atoms. The highest BCUT2D eigenvalue weighted by Crippen LogP contribution is 2.31. The molecule has 122 valence electrons. The zero-order valence-electron chi connectivity index (χ0n) is 12.8. The van der Waals surface area contributed by atoms with Gasteiger partial charge in [-0.25, -0.2) is 4.98 Å². The molecule has 0 atom stereocenters. The highest BCUT2D eigenvalue weighted by atomic mass is 32.1. The van der Waals surface area contributed by atoms with Gasteiger partial charge < -0.3 is 13.9 Å². The van der Waals surface area contributed by atoms with Gasteiger partial charge in [0, 0.05) is 6.07 Å². The van der Waals surface area contributed by atoms with E-state index in [1.165, 1.54) is 30.8 Å². The van der Waals surface area contributed by atoms with E-state index < -0.39 is 0 Å². The van der Waals surface area contributed by atoms with Crippen LogP contribution >= 0.6 is 11.3 Å². The average molecular weight is 342 g/mol. The van der Waals surface area contributed by atoms with Gasteiger partial charge >= 0.3 is 0 Å². The zero-order chi connectivity index (χ0) is 16.9. The first kappa shape index (κ1) is 15.9. The number of nitrogens with zero attached hydrogens (tertiary/aromatic N) is 1. The van der Waals surface area contributed by atoms with Crippen molar-refractivity contribution in [3.05, 3.63) is 68.8 Å². The van der Waals surface area contributed by atoms with E-state index in [2.05, 4.69) is 4.98 Å². The molecular formula is C17H14N2O4S. The monoisotopic (exact) mass is 342 g/mol. The molecule has 3 aromatic rings. The summed E-state index contributed by atoms with van der Waals surface area (Å²) >= 11 is 1.23. The topological polar surface area (TPSA) is 85.4 Å². The second-order valence-electron chi connectivity index (χ2n) is 4.78. The van der Waals surface area contributed by atoms with Gasteiger partial charge in [0.2, 0.25) is 17.1 Å². The first-order chi connectivity index (χ1) is 11.7. The Balaban J connectivity index is 1.98. The zero-order valence-corrected chi connectivity index (χ0v) is 13.6. The van der Waals surface area contributed by atoms with Crippen molar-refractivity contribution in [3.8, 4) is 17.2 Å². The van der Waals surface area contributed by atoms with E-state index >= 15 is 0 Å². The smallest absolute Gasteiger partial charge is 0.227 e. The second-order valence-corrected chi connectivity index (χ2v) is 5.64. The van der Waals surface area contributed by atoms with Crippen molar-refractivity contribution in [2.24, 2.45) is 0 Å². The minimum atomic E-state index is -0.310. The van der Waals surface area contributed by atoms with Crippen LogP contribution in [0.2, 0.25) is 0 Å².